The van der Waals surface area contributed by atoms with Gasteiger partial charge in [-0.2, -0.15) is 0 Å². The highest BCUT2D eigenvalue weighted by Crippen LogP contribution is 2.41. The predicted molar refractivity (Wildman–Crippen MR) is 91.4 cm³/mol. The van der Waals surface area contributed by atoms with Gasteiger partial charge in [-0.15, -0.1) is 0 Å². The summed E-state index contributed by atoms with van der Waals surface area (Å²) in [5, 5.41) is 24.2. The maximum Gasteiger partial charge on any atom is 0.178 e. The highest BCUT2D eigenvalue weighted by Gasteiger charge is 2.21. The molecule has 3 rings (SSSR count). The Hall–Kier alpha value is -2.95. The minimum absolute atomic E-state index is 0.0457. The summed E-state index contributed by atoms with van der Waals surface area (Å²) >= 11 is 0. The fourth-order valence-electron chi connectivity index (χ4n) is 2.74. The summed E-state index contributed by atoms with van der Waals surface area (Å²) in [6.07, 6.45) is 0.643. The molecule has 0 aliphatic rings. The molecule has 0 fully saturated rings. The fourth-order valence-corrected chi connectivity index (χ4v) is 2.74. The Morgan fingerprint density at radius 2 is 1.79 bits per heavy atom. The molecule has 2 aromatic carbocycles. The van der Waals surface area contributed by atoms with Crippen LogP contribution in [0.15, 0.2) is 40.9 Å². The fraction of sp³-hybridized carbons (Fsp3) is 0.211. The molecular formula is C19H19NO4. The Kier molecular flexibility index (Phi) is 4.16. The lowest BCUT2D eigenvalue weighted by Gasteiger charge is -2.09. The number of aryl methyl sites for hydroxylation is 2. The molecule has 124 valence electrons. The van der Waals surface area contributed by atoms with Gasteiger partial charge in [-0.05, 0) is 42.7 Å². The molecule has 0 atom stereocenters. The molecule has 5 nitrogen and oxygen atoms in total. The molecule has 0 saturated heterocycles. The largest absolute Gasteiger partial charge is 0.508 e. The van der Waals surface area contributed by atoms with Gasteiger partial charge in [0, 0.05) is 6.07 Å². The lowest BCUT2D eigenvalue weighted by Crippen LogP contribution is -1.88. The van der Waals surface area contributed by atoms with Crippen molar-refractivity contribution in [1.82, 2.24) is 5.16 Å². The van der Waals surface area contributed by atoms with E-state index in [1.807, 2.05) is 38.1 Å². The number of hydrogen-bond acceptors (Lipinski definition) is 5. The quantitative estimate of drug-likeness (QED) is 0.748. The van der Waals surface area contributed by atoms with Gasteiger partial charge in [-0.3, -0.25) is 0 Å². The van der Waals surface area contributed by atoms with Crippen LogP contribution in [0.3, 0.4) is 0 Å². The summed E-state index contributed by atoms with van der Waals surface area (Å²) < 4.78 is 10.7. The second-order valence-electron chi connectivity index (χ2n) is 5.55. The molecule has 0 radical (unpaired) electrons. The van der Waals surface area contributed by atoms with Gasteiger partial charge in [-0.1, -0.05) is 24.2 Å². The Morgan fingerprint density at radius 3 is 2.42 bits per heavy atom. The number of aromatic nitrogens is 1. The molecule has 0 amide bonds. The van der Waals surface area contributed by atoms with Crippen LogP contribution in [-0.4, -0.2) is 22.5 Å². The van der Waals surface area contributed by atoms with Gasteiger partial charge in [0.1, 0.15) is 17.2 Å². The average molecular weight is 325 g/mol. The second kappa shape index (κ2) is 6.28. The molecule has 2 N–H and O–H groups in total. The third-order valence-corrected chi connectivity index (χ3v) is 4.06. The van der Waals surface area contributed by atoms with E-state index in [0.29, 0.717) is 17.7 Å². The van der Waals surface area contributed by atoms with Crippen LogP contribution in [0.1, 0.15) is 18.2 Å². The first-order valence-corrected chi connectivity index (χ1v) is 7.71. The molecule has 1 heterocycles. The molecule has 0 bridgehead atoms. The molecule has 1 aromatic heterocycles. The number of rotatable bonds is 4. The van der Waals surface area contributed by atoms with E-state index in [1.165, 1.54) is 6.07 Å². The summed E-state index contributed by atoms with van der Waals surface area (Å²) in [6, 6.07) is 10.6. The summed E-state index contributed by atoms with van der Waals surface area (Å²) in [4.78, 5) is 0. The minimum Gasteiger partial charge on any atom is -0.508 e. The highest BCUT2D eigenvalue weighted by molar-refractivity contribution is 5.84. The zero-order chi connectivity index (χ0) is 17.3. The molecule has 0 aliphatic heterocycles. The first-order valence-electron chi connectivity index (χ1n) is 7.71. The highest BCUT2D eigenvalue weighted by atomic mass is 16.5. The Labute approximate surface area is 140 Å². The van der Waals surface area contributed by atoms with Crippen LogP contribution in [0.4, 0.5) is 0 Å². The second-order valence-corrected chi connectivity index (χ2v) is 5.55. The number of phenolic OH excluding ortho intramolecular Hbond substituents is 2. The Morgan fingerprint density at radius 1 is 1.08 bits per heavy atom. The van der Waals surface area contributed by atoms with Crippen molar-refractivity contribution in [2.24, 2.45) is 0 Å². The van der Waals surface area contributed by atoms with E-state index in [1.54, 1.807) is 13.2 Å². The topological polar surface area (TPSA) is 75.7 Å². The van der Waals surface area contributed by atoms with Crippen LogP contribution in [0.25, 0.3) is 22.5 Å². The maximum absolute atomic E-state index is 10.3. The molecular weight excluding hydrogens is 306 g/mol. The smallest absolute Gasteiger partial charge is 0.178 e. The number of benzene rings is 2. The summed E-state index contributed by atoms with van der Waals surface area (Å²) in [7, 11) is 1.62. The van der Waals surface area contributed by atoms with Crippen molar-refractivity contribution in [2.45, 2.75) is 20.3 Å². The van der Waals surface area contributed by atoms with E-state index >= 15 is 0 Å². The monoisotopic (exact) mass is 325 g/mol. The summed E-state index contributed by atoms with van der Waals surface area (Å²) in [5.41, 5.74) is 3.69. The van der Waals surface area contributed by atoms with E-state index in [-0.39, 0.29) is 11.5 Å². The van der Waals surface area contributed by atoms with Crippen molar-refractivity contribution >= 4 is 0 Å². The lowest BCUT2D eigenvalue weighted by atomic mass is 9.97. The minimum atomic E-state index is -0.0457. The first kappa shape index (κ1) is 15.9. The zero-order valence-electron chi connectivity index (χ0n) is 13.8. The molecule has 5 heteroatoms. The van der Waals surface area contributed by atoms with E-state index in [2.05, 4.69) is 5.16 Å². The Bertz CT molecular complexity index is 866. The van der Waals surface area contributed by atoms with Crippen LogP contribution >= 0.6 is 0 Å². The van der Waals surface area contributed by atoms with Gasteiger partial charge in [0.15, 0.2) is 5.76 Å². The van der Waals surface area contributed by atoms with Crippen LogP contribution in [-0.2, 0) is 6.42 Å². The van der Waals surface area contributed by atoms with Gasteiger partial charge in [0.2, 0.25) is 0 Å². The van der Waals surface area contributed by atoms with Crippen molar-refractivity contribution in [3.63, 3.8) is 0 Å². The molecule has 0 unspecified atom stereocenters. The molecule has 0 spiro atoms. The number of nitrogens with zero attached hydrogens (tertiary/aromatic N) is 1. The van der Waals surface area contributed by atoms with E-state index in [0.717, 1.165) is 28.1 Å². The SMILES string of the molecule is CCc1cc(-c2onc(C)c2-c2ccc(OC)cc2)c(O)cc1O. The molecule has 0 saturated carbocycles. The first-order chi connectivity index (χ1) is 11.5. The maximum atomic E-state index is 10.3. The number of aromatic hydroxyl groups is 2. The van der Waals surface area contributed by atoms with Crippen molar-refractivity contribution in [1.29, 1.82) is 0 Å². The van der Waals surface area contributed by atoms with Gasteiger partial charge in [-0.25, -0.2) is 0 Å². The summed E-state index contributed by atoms with van der Waals surface area (Å²) in [5.74, 6) is 1.26. The van der Waals surface area contributed by atoms with Crippen molar-refractivity contribution in [2.75, 3.05) is 7.11 Å². The number of phenols is 2. The van der Waals surface area contributed by atoms with Gasteiger partial charge in [0.05, 0.1) is 23.9 Å². The van der Waals surface area contributed by atoms with E-state index in [4.69, 9.17) is 9.26 Å². The number of hydrogen-bond donors (Lipinski definition) is 2. The number of methoxy groups -OCH3 is 1. The van der Waals surface area contributed by atoms with Crippen molar-refractivity contribution in [3.05, 3.63) is 47.7 Å². The Balaban J connectivity index is 2.17. The van der Waals surface area contributed by atoms with Crippen LogP contribution in [0.5, 0.6) is 17.2 Å². The van der Waals surface area contributed by atoms with Crippen LogP contribution < -0.4 is 4.74 Å². The predicted octanol–water partition coefficient (Wildman–Crippen LogP) is 4.30. The average Bonchev–Trinajstić information content (AvgIpc) is 2.96. The summed E-state index contributed by atoms with van der Waals surface area (Å²) in [6.45, 7) is 3.79. The number of ether oxygens (including phenoxy) is 1. The molecule has 3 aromatic rings. The van der Waals surface area contributed by atoms with Gasteiger partial charge < -0.3 is 19.5 Å². The standard InChI is InChI=1S/C19H19NO4/c1-4-12-9-15(17(22)10-16(12)21)19-18(11(2)20-24-19)13-5-7-14(23-3)8-6-13/h5-10,21-22H,4H2,1-3H3. The third kappa shape index (κ3) is 2.69. The van der Waals surface area contributed by atoms with Crippen LogP contribution in [0, 0.1) is 6.92 Å². The third-order valence-electron chi connectivity index (χ3n) is 4.06. The van der Waals surface area contributed by atoms with Crippen molar-refractivity contribution in [3.8, 4) is 39.7 Å². The van der Waals surface area contributed by atoms with Crippen LogP contribution in [0.2, 0.25) is 0 Å². The van der Waals surface area contributed by atoms with Gasteiger partial charge in [0.25, 0.3) is 0 Å². The zero-order valence-corrected chi connectivity index (χ0v) is 13.8. The lowest BCUT2D eigenvalue weighted by molar-refractivity contribution is 0.415. The molecule has 0 aliphatic carbocycles. The van der Waals surface area contributed by atoms with E-state index in [9.17, 15) is 10.2 Å². The van der Waals surface area contributed by atoms with E-state index < -0.39 is 0 Å². The molecule has 24 heavy (non-hydrogen) atoms. The van der Waals surface area contributed by atoms with Crippen molar-refractivity contribution < 1.29 is 19.5 Å². The van der Waals surface area contributed by atoms with Gasteiger partial charge >= 0.3 is 0 Å². The normalized spacial score (nSPS) is 10.8.